The summed E-state index contributed by atoms with van der Waals surface area (Å²) in [6, 6.07) is 5.94. The van der Waals surface area contributed by atoms with Crippen molar-refractivity contribution in [2.45, 2.75) is 38.2 Å². The Labute approximate surface area is 144 Å². The third kappa shape index (κ3) is 2.56. The first-order valence-electron chi connectivity index (χ1n) is 8.16. The Morgan fingerprint density at radius 1 is 1.40 bits per heavy atom. The summed E-state index contributed by atoms with van der Waals surface area (Å²) < 4.78 is 10.7. The lowest BCUT2D eigenvalue weighted by Gasteiger charge is -2.23. The van der Waals surface area contributed by atoms with Gasteiger partial charge in [-0.1, -0.05) is 12.1 Å². The number of nitrogens with one attached hydrogen (secondary N) is 2. The summed E-state index contributed by atoms with van der Waals surface area (Å²) in [5, 5.41) is 9.46. The van der Waals surface area contributed by atoms with Crippen LogP contribution in [0, 0.1) is 0 Å². The molecule has 7 heteroatoms. The maximum absolute atomic E-state index is 12.1. The second kappa shape index (κ2) is 5.34. The first-order chi connectivity index (χ1) is 11.9. The predicted molar refractivity (Wildman–Crippen MR) is 89.9 cm³/mol. The summed E-state index contributed by atoms with van der Waals surface area (Å²) in [5.74, 6) is 0.372. The molecule has 130 valence electrons. The molecule has 0 aliphatic carbocycles. The zero-order valence-corrected chi connectivity index (χ0v) is 14.3. The van der Waals surface area contributed by atoms with Crippen molar-refractivity contribution < 1.29 is 19.1 Å². The minimum absolute atomic E-state index is 0.127. The van der Waals surface area contributed by atoms with Crippen molar-refractivity contribution in [1.29, 1.82) is 0 Å². The molecule has 0 spiro atoms. The van der Waals surface area contributed by atoms with E-state index in [9.17, 15) is 9.59 Å². The van der Waals surface area contributed by atoms with Crippen LogP contribution in [0.5, 0.6) is 5.75 Å². The van der Waals surface area contributed by atoms with E-state index in [2.05, 4.69) is 21.6 Å². The molecule has 1 amide bonds. The third-order valence-electron chi connectivity index (χ3n) is 4.68. The topological polar surface area (TPSA) is 93.3 Å². The van der Waals surface area contributed by atoms with E-state index in [4.69, 9.17) is 9.47 Å². The minimum Gasteiger partial charge on any atom is -0.487 e. The monoisotopic (exact) mass is 341 g/mol. The lowest BCUT2D eigenvalue weighted by atomic mass is 9.84. The van der Waals surface area contributed by atoms with E-state index in [1.54, 1.807) is 0 Å². The highest BCUT2D eigenvalue weighted by molar-refractivity contribution is 5.98. The molecule has 0 saturated heterocycles. The fraction of sp³-hybridized carbons (Fsp3) is 0.389. The van der Waals surface area contributed by atoms with Crippen molar-refractivity contribution in [2.75, 3.05) is 12.4 Å². The van der Waals surface area contributed by atoms with Crippen LogP contribution in [0.1, 0.15) is 53.4 Å². The molecular weight excluding hydrogens is 322 g/mol. The second-order valence-corrected chi connectivity index (χ2v) is 7.06. The van der Waals surface area contributed by atoms with Gasteiger partial charge in [-0.2, -0.15) is 5.10 Å². The fourth-order valence-electron chi connectivity index (χ4n) is 3.64. The highest BCUT2D eigenvalue weighted by atomic mass is 16.5. The van der Waals surface area contributed by atoms with Gasteiger partial charge < -0.3 is 14.8 Å². The van der Waals surface area contributed by atoms with Gasteiger partial charge in [0.2, 0.25) is 5.91 Å². The van der Waals surface area contributed by atoms with E-state index in [0.717, 1.165) is 23.3 Å². The lowest BCUT2D eigenvalue weighted by molar-refractivity contribution is -0.116. The van der Waals surface area contributed by atoms with Crippen LogP contribution in [-0.2, 0) is 16.0 Å². The van der Waals surface area contributed by atoms with Gasteiger partial charge in [-0.25, -0.2) is 4.79 Å². The number of nitrogens with zero attached hydrogens (tertiary/aromatic N) is 1. The summed E-state index contributed by atoms with van der Waals surface area (Å²) >= 11 is 0. The molecule has 25 heavy (non-hydrogen) atoms. The third-order valence-corrected chi connectivity index (χ3v) is 4.68. The first-order valence-corrected chi connectivity index (χ1v) is 8.16. The quantitative estimate of drug-likeness (QED) is 0.818. The van der Waals surface area contributed by atoms with Gasteiger partial charge in [-0.3, -0.25) is 9.89 Å². The van der Waals surface area contributed by atoms with Crippen molar-refractivity contribution >= 4 is 17.7 Å². The van der Waals surface area contributed by atoms with Crippen LogP contribution in [0.15, 0.2) is 18.2 Å². The Hall–Kier alpha value is -2.83. The molecule has 1 aromatic heterocycles. The van der Waals surface area contributed by atoms with E-state index in [0.29, 0.717) is 11.4 Å². The molecule has 1 unspecified atom stereocenters. The Kier molecular flexibility index (Phi) is 3.35. The maximum Gasteiger partial charge on any atom is 0.356 e. The number of rotatable bonds is 2. The van der Waals surface area contributed by atoms with Crippen molar-refractivity contribution in [3.8, 4) is 5.75 Å². The molecular formula is C18H19N3O4. The van der Waals surface area contributed by atoms with E-state index in [1.165, 1.54) is 7.11 Å². The zero-order valence-electron chi connectivity index (χ0n) is 14.3. The van der Waals surface area contributed by atoms with Gasteiger partial charge >= 0.3 is 5.97 Å². The molecule has 0 radical (unpaired) electrons. The van der Waals surface area contributed by atoms with Gasteiger partial charge in [0.1, 0.15) is 17.0 Å². The molecule has 2 N–H and O–H groups in total. The smallest absolute Gasteiger partial charge is 0.356 e. The van der Waals surface area contributed by atoms with Crippen molar-refractivity contribution in [1.82, 2.24) is 10.2 Å². The SMILES string of the molecule is COC(=O)c1[nH]nc2c1C(c1ccc3c(c1)CC(C)(C)O3)CC(=O)N2. The largest absolute Gasteiger partial charge is 0.487 e. The number of ether oxygens (including phenoxy) is 2. The van der Waals surface area contributed by atoms with E-state index in [-0.39, 0.29) is 29.5 Å². The van der Waals surface area contributed by atoms with Gasteiger partial charge in [0, 0.05) is 24.3 Å². The van der Waals surface area contributed by atoms with Crippen LogP contribution in [0.4, 0.5) is 5.82 Å². The number of H-pyrrole nitrogens is 1. The summed E-state index contributed by atoms with van der Waals surface area (Å²) in [4.78, 5) is 24.1. The number of aromatic nitrogens is 2. The van der Waals surface area contributed by atoms with Crippen LogP contribution >= 0.6 is 0 Å². The molecule has 4 rings (SSSR count). The van der Waals surface area contributed by atoms with E-state index in [1.807, 2.05) is 26.0 Å². The predicted octanol–water partition coefficient (Wildman–Crippen LogP) is 2.38. The van der Waals surface area contributed by atoms with Gasteiger partial charge in [-0.15, -0.1) is 0 Å². The van der Waals surface area contributed by atoms with Crippen LogP contribution in [0.25, 0.3) is 0 Å². The number of benzene rings is 1. The number of anilines is 1. The van der Waals surface area contributed by atoms with E-state index < -0.39 is 5.97 Å². The van der Waals surface area contributed by atoms with Crippen LogP contribution in [0.3, 0.4) is 0 Å². The molecule has 7 nitrogen and oxygen atoms in total. The molecule has 2 aliphatic heterocycles. The molecule has 1 atom stereocenters. The van der Waals surface area contributed by atoms with Crippen LogP contribution in [-0.4, -0.2) is 34.8 Å². The molecule has 0 saturated carbocycles. The number of carbonyl (C=O) groups excluding carboxylic acids is 2. The molecule has 0 fully saturated rings. The summed E-state index contributed by atoms with van der Waals surface area (Å²) in [5.41, 5.74) is 2.79. The molecule has 1 aromatic carbocycles. The Morgan fingerprint density at radius 2 is 2.20 bits per heavy atom. The Bertz CT molecular complexity index is 884. The molecule has 2 aromatic rings. The Balaban J connectivity index is 1.79. The van der Waals surface area contributed by atoms with Gasteiger partial charge in [0.15, 0.2) is 5.82 Å². The van der Waals surface area contributed by atoms with E-state index >= 15 is 0 Å². The highest BCUT2D eigenvalue weighted by Gasteiger charge is 2.36. The Morgan fingerprint density at radius 3 is 2.96 bits per heavy atom. The van der Waals surface area contributed by atoms with Gasteiger partial charge in [0.05, 0.1) is 7.11 Å². The minimum atomic E-state index is -0.500. The number of aromatic amines is 1. The van der Waals surface area contributed by atoms with Crippen LogP contribution < -0.4 is 10.1 Å². The first kappa shape index (κ1) is 15.7. The average molecular weight is 341 g/mol. The van der Waals surface area contributed by atoms with Gasteiger partial charge in [-0.05, 0) is 31.0 Å². The molecule has 0 bridgehead atoms. The number of hydrogen-bond acceptors (Lipinski definition) is 5. The number of esters is 1. The standard InChI is InChI=1S/C18H19N3O4/c1-18(2)8-10-6-9(4-5-12(10)25-18)11-7-13(22)19-16-14(11)15(20-21-16)17(23)24-3/h4-6,11H,7-8H2,1-3H3,(H2,19,20,21,22). The van der Waals surface area contributed by atoms with Crippen molar-refractivity contribution in [3.05, 3.63) is 40.6 Å². The molecule has 3 heterocycles. The summed E-state index contributed by atoms with van der Waals surface area (Å²) in [6.45, 7) is 4.09. The fourth-order valence-corrected chi connectivity index (χ4v) is 3.64. The second-order valence-electron chi connectivity index (χ2n) is 7.06. The number of carbonyl (C=O) groups is 2. The van der Waals surface area contributed by atoms with Crippen molar-refractivity contribution in [2.24, 2.45) is 0 Å². The number of fused-ring (bicyclic) bond motifs is 2. The normalized spacial score (nSPS) is 20.3. The van der Waals surface area contributed by atoms with Crippen molar-refractivity contribution in [3.63, 3.8) is 0 Å². The van der Waals surface area contributed by atoms with Gasteiger partial charge in [0.25, 0.3) is 0 Å². The average Bonchev–Trinajstić information content (AvgIpc) is 3.11. The highest BCUT2D eigenvalue weighted by Crippen LogP contribution is 2.42. The lowest BCUT2D eigenvalue weighted by Crippen LogP contribution is -2.25. The zero-order chi connectivity index (χ0) is 17.8. The summed E-state index contributed by atoms with van der Waals surface area (Å²) in [6.07, 6.45) is 1.05. The number of hydrogen-bond donors (Lipinski definition) is 2. The maximum atomic E-state index is 12.1. The summed E-state index contributed by atoms with van der Waals surface area (Å²) in [7, 11) is 1.32. The molecule has 2 aliphatic rings. The number of amides is 1. The van der Waals surface area contributed by atoms with Crippen LogP contribution in [0.2, 0.25) is 0 Å². The number of methoxy groups -OCH3 is 1.